The van der Waals surface area contributed by atoms with E-state index >= 15 is 0 Å². The quantitative estimate of drug-likeness (QED) is 0.712. The fraction of sp³-hybridized carbons (Fsp3) is 0.560. The van der Waals surface area contributed by atoms with E-state index in [-0.39, 0.29) is 29.8 Å². The highest BCUT2D eigenvalue weighted by molar-refractivity contribution is 5.92. The molecule has 1 saturated carbocycles. The van der Waals surface area contributed by atoms with Crippen LogP contribution in [0.25, 0.3) is 10.9 Å². The van der Waals surface area contributed by atoms with Crippen molar-refractivity contribution in [1.29, 1.82) is 0 Å². The van der Waals surface area contributed by atoms with Crippen LogP contribution in [0.4, 0.5) is 18.9 Å². The van der Waals surface area contributed by atoms with Gasteiger partial charge in [-0.3, -0.25) is 9.59 Å². The second-order valence-electron chi connectivity index (χ2n) is 9.45. The standard InChI is InChI=1S/C25H31F3N4O2/c1-16(33)32-13-11-17(12-14-32)24(34)29-18-7-9-19(10-8-18)31(2)22-15-23(25(26,27)28)30-21-6-4-3-5-20(21)22/h3-6,15,17-19H,7-14H2,1-2H3,(H,29,34)/t18-,19+. The van der Waals surface area contributed by atoms with Crippen LogP contribution in [0.5, 0.6) is 0 Å². The van der Waals surface area contributed by atoms with Gasteiger partial charge in [0.2, 0.25) is 11.8 Å². The topological polar surface area (TPSA) is 65.5 Å². The molecule has 2 fully saturated rings. The number of aromatic nitrogens is 1. The summed E-state index contributed by atoms with van der Waals surface area (Å²) >= 11 is 0. The molecule has 34 heavy (non-hydrogen) atoms. The van der Waals surface area contributed by atoms with Crippen LogP contribution >= 0.6 is 0 Å². The summed E-state index contributed by atoms with van der Waals surface area (Å²) in [6, 6.07) is 8.21. The number of benzene rings is 1. The Morgan fingerprint density at radius 2 is 1.71 bits per heavy atom. The van der Waals surface area contributed by atoms with Gasteiger partial charge < -0.3 is 15.1 Å². The molecule has 184 valence electrons. The van der Waals surface area contributed by atoms with Crippen LogP contribution in [-0.4, -0.2) is 53.9 Å². The van der Waals surface area contributed by atoms with Gasteiger partial charge in [0.1, 0.15) is 5.69 Å². The van der Waals surface area contributed by atoms with Crippen molar-refractivity contribution in [3.63, 3.8) is 0 Å². The number of amides is 2. The molecule has 0 spiro atoms. The van der Waals surface area contributed by atoms with Gasteiger partial charge in [0.05, 0.1) is 5.52 Å². The van der Waals surface area contributed by atoms with Gasteiger partial charge in [-0.2, -0.15) is 13.2 Å². The molecule has 0 bridgehead atoms. The molecule has 1 aliphatic heterocycles. The number of rotatable bonds is 4. The average molecular weight is 477 g/mol. The largest absolute Gasteiger partial charge is 0.433 e. The second kappa shape index (κ2) is 9.80. The maximum Gasteiger partial charge on any atom is 0.433 e. The minimum atomic E-state index is -4.51. The molecular weight excluding hydrogens is 445 g/mol. The average Bonchev–Trinajstić information content (AvgIpc) is 2.83. The first-order valence-electron chi connectivity index (χ1n) is 11.9. The van der Waals surface area contributed by atoms with E-state index < -0.39 is 11.9 Å². The fourth-order valence-electron chi connectivity index (χ4n) is 5.17. The zero-order chi connectivity index (χ0) is 24.5. The maximum absolute atomic E-state index is 13.4. The van der Waals surface area contributed by atoms with Crippen LogP contribution in [0.1, 0.15) is 51.1 Å². The van der Waals surface area contributed by atoms with Gasteiger partial charge in [0.25, 0.3) is 0 Å². The summed E-state index contributed by atoms with van der Waals surface area (Å²) in [7, 11) is 1.84. The Morgan fingerprint density at radius 1 is 1.06 bits per heavy atom. The number of hydrogen-bond donors (Lipinski definition) is 1. The van der Waals surface area contributed by atoms with Gasteiger partial charge in [0, 0.05) is 56.1 Å². The minimum Gasteiger partial charge on any atom is -0.371 e. The van der Waals surface area contributed by atoms with E-state index in [1.807, 2.05) is 18.0 Å². The number of para-hydroxylation sites is 1. The number of hydrogen-bond acceptors (Lipinski definition) is 4. The monoisotopic (exact) mass is 476 g/mol. The Hall–Kier alpha value is -2.84. The van der Waals surface area contributed by atoms with E-state index in [9.17, 15) is 22.8 Å². The summed E-state index contributed by atoms with van der Waals surface area (Å²) in [5.41, 5.74) is -0.0246. The van der Waals surface area contributed by atoms with E-state index in [4.69, 9.17) is 0 Å². The molecule has 0 unspecified atom stereocenters. The molecule has 1 aromatic carbocycles. The Kier molecular flexibility index (Phi) is 7.00. The molecule has 2 aliphatic rings. The van der Waals surface area contributed by atoms with E-state index in [0.717, 1.165) is 31.7 Å². The maximum atomic E-state index is 13.4. The van der Waals surface area contributed by atoms with Gasteiger partial charge in [-0.05, 0) is 50.7 Å². The third kappa shape index (κ3) is 5.28. The molecule has 4 rings (SSSR count). The number of alkyl halides is 3. The summed E-state index contributed by atoms with van der Waals surface area (Å²) in [6.07, 6.45) is -0.0305. The number of nitrogens with zero attached hydrogens (tertiary/aromatic N) is 3. The number of pyridine rings is 1. The fourth-order valence-corrected chi connectivity index (χ4v) is 5.17. The second-order valence-corrected chi connectivity index (χ2v) is 9.45. The lowest BCUT2D eigenvalue weighted by molar-refractivity contribution is -0.141. The van der Waals surface area contributed by atoms with Crippen molar-refractivity contribution in [3.05, 3.63) is 36.0 Å². The number of carbonyl (C=O) groups excluding carboxylic acids is 2. The lowest BCUT2D eigenvalue weighted by Gasteiger charge is -2.37. The lowest BCUT2D eigenvalue weighted by Crippen LogP contribution is -2.47. The number of piperidine rings is 1. The Balaban J connectivity index is 1.38. The number of likely N-dealkylation sites (tertiary alicyclic amines) is 1. The molecule has 1 N–H and O–H groups in total. The van der Waals surface area contributed by atoms with Gasteiger partial charge in [0.15, 0.2) is 0 Å². The Labute approximate surface area is 197 Å². The zero-order valence-electron chi connectivity index (χ0n) is 19.6. The summed E-state index contributed by atoms with van der Waals surface area (Å²) in [4.78, 5) is 31.7. The summed E-state index contributed by atoms with van der Waals surface area (Å²) < 4.78 is 40.3. The lowest BCUT2D eigenvalue weighted by atomic mass is 9.88. The number of carbonyl (C=O) groups is 2. The van der Waals surface area contributed by atoms with Gasteiger partial charge in [-0.1, -0.05) is 18.2 Å². The van der Waals surface area contributed by atoms with Crippen LogP contribution in [0, 0.1) is 5.92 Å². The highest BCUT2D eigenvalue weighted by atomic mass is 19.4. The van der Waals surface area contributed by atoms with Crippen LogP contribution in [0.15, 0.2) is 30.3 Å². The molecule has 1 saturated heterocycles. The van der Waals surface area contributed by atoms with Crippen molar-refractivity contribution in [2.24, 2.45) is 5.92 Å². The molecule has 9 heteroatoms. The Bertz CT molecular complexity index is 1040. The van der Waals surface area contributed by atoms with Crippen LogP contribution in [0.2, 0.25) is 0 Å². The zero-order valence-corrected chi connectivity index (χ0v) is 19.6. The Morgan fingerprint density at radius 3 is 2.32 bits per heavy atom. The first-order chi connectivity index (χ1) is 16.1. The van der Waals surface area contributed by atoms with Gasteiger partial charge in [-0.25, -0.2) is 4.98 Å². The van der Waals surface area contributed by atoms with Crippen molar-refractivity contribution in [2.75, 3.05) is 25.0 Å². The van der Waals surface area contributed by atoms with Crippen LogP contribution in [0.3, 0.4) is 0 Å². The van der Waals surface area contributed by atoms with E-state index in [1.54, 1.807) is 30.0 Å². The van der Waals surface area contributed by atoms with Crippen molar-refractivity contribution in [2.45, 2.75) is 63.7 Å². The van der Waals surface area contributed by atoms with Crippen LogP contribution < -0.4 is 10.2 Å². The molecule has 1 aromatic heterocycles. The molecule has 0 radical (unpaired) electrons. The predicted molar refractivity (Wildman–Crippen MR) is 124 cm³/mol. The smallest absolute Gasteiger partial charge is 0.371 e. The molecule has 2 heterocycles. The van der Waals surface area contributed by atoms with Crippen molar-refractivity contribution in [3.8, 4) is 0 Å². The number of halogens is 3. The molecule has 6 nitrogen and oxygen atoms in total. The molecule has 2 aromatic rings. The van der Waals surface area contributed by atoms with Crippen molar-refractivity contribution in [1.82, 2.24) is 15.2 Å². The van der Waals surface area contributed by atoms with Crippen molar-refractivity contribution >= 4 is 28.4 Å². The first kappa shape index (κ1) is 24.3. The summed E-state index contributed by atoms with van der Waals surface area (Å²) in [6.45, 7) is 2.78. The number of nitrogens with one attached hydrogen (secondary N) is 1. The van der Waals surface area contributed by atoms with Gasteiger partial charge in [-0.15, -0.1) is 0 Å². The summed E-state index contributed by atoms with van der Waals surface area (Å²) in [5.74, 6) is 0.0283. The molecular formula is C25H31F3N4O2. The van der Waals surface area contributed by atoms with Gasteiger partial charge >= 0.3 is 6.18 Å². The molecule has 1 aliphatic carbocycles. The molecule has 0 atom stereocenters. The van der Waals surface area contributed by atoms with E-state index in [0.29, 0.717) is 42.5 Å². The van der Waals surface area contributed by atoms with E-state index in [1.165, 1.54) is 0 Å². The van der Waals surface area contributed by atoms with E-state index in [2.05, 4.69) is 10.3 Å². The SMILES string of the molecule is CC(=O)N1CCC(C(=O)N[C@H]2CC[C@@H](N(C)c3cc(C(F)(F)F)nc4ccccc34)CC2)CC1. The third-order valence-corrected chi connectivity index (χ3v) is 7.27. The highest BCUT2D eigenvalue weighted by Gasteiger charge is 2.35. The first-order valence-corrected chi connectivity index (χ1v) is 11.9. The summed E-state index contributed by atoms with van der Waals surface area (Å²) in [5, 5.41) is 3.87. The number of fused-ring (bicyclic) bond motifs is 1. The molecule has 2 amide bonds. The minimum absolute atomic E-state index is 0.0469. The van der Waals surface area contributed by atoms with Crippen molar-refractivity contribution < 1.29 is 22.8 Å². The predicted octanol–water partition coefficient (Wildman–Crippen LogP) is 4.38. The van der Waals surface area contributed by atoms with Crippen LogP contribution in [-0.2, 0) is 15.8 Å². The third-order valence-electron chi connectivity index (χ3n) is 7.27. The highest BCUT2D eigenvalue weighted by Crippen LogP contribution is 2.36. The normalized spacial score (nSPS) is 22.0. The number of anilines is 1.